The third kappa shape index (κ3) is 2.57. The molecule has 2 rings (SSSR count). The van der Waals surface area contributed by atoms with Gasteiger partial charge in [0.2, 0.25) is 0 Å². The Labute approximate surface area is 97.8 Å². The van der Waals surface area contributed by atoms with E-state index in [9.17, 15) is 4.79 Å². The van der Waals surface area contributed by atoms with E-state index in [1.165, 1.54) is 25.7 Å². The highest BCUT2D eigenvalue weighted by Crippen LogP contribution is 2.33. The number of carboxylic acids is 1. The van der Waals surface area contributed by atoms with Gasteiger partial charge in [0.25, 0.3) is 0 Å². The van der Waals surface area contributed by atoms with Crippen LogP contribution in [0.15, 0.2) is 0 Å². The van der Waals surface area contributed by atoms with E-state index in [0.29, 0.717) is 6.04 Å². The van der Waals surface area contributed by atoms with E-state index >= 15 is 0 Å². The summed E-state index contributed by atoms with van der Waals surface area (Å²) in [5.41, 5.74) is 0. The first-order valence-corrected chi connectivity index (χ1v) is 6.67. The van der Waals surface area contributed by atoms with Crippen LogP contribution in [-0.2, 0) is 4.79 Å². The van der Waals surface area contributed by atoms with Gasteiger partial charge in [-0.05, 0) is 44.6 Å². The summed E-state index contributed by atoms with van der Waals surface area (Å²) >= 11 is 0. The third-order valence-corrected chi connectivity index (χ3v) is 4.41. The van der Waals surface area contributed by atoms with E-state index in [4.69, 9.17) is 5.11 Å². The maximum atomic E-state index is 11.0. The standard InChI is InChI=1S/C13H23NO2/c1-2-10-5-6-12(8-10)14-7-3-4-11(9-14)13(15)16/h10-12H,2-9H2,1H3,(H,15,16). The molecule has 92 valence electrons. The van der Waals surface area contributed by atoms with Crippen molar-refractivity contribution in [2.45, 2.75) is 51.5 Å². The fourth-order valence-electron chi connectivity index (χ4n) is 3.29. The van der Waals surface area contributed by atoms with E-state index in [1.807, 2.05) is 0 Å². The fraction of sp³-hybridized carbons (Fsp3) is 0.923. The van der Waals surface area contributed by atoms with Gasteiger partial charge in [0.1, 0.15) is 0 Å². The predicted molar refractivity (Wildman–Crippen MR) is 63.4 cm³/mol. The smallest absolute Gasteiger partial charge is 0.307 e. The van der Waals surface area contributed by atoms with Crippen molar-refractivity contribution in [2.24, 2.45) is 11.8 Å². The van der Waals surface area contributed by atoms with Crippen LogP contribution in [0.3, 0.4) is 0 Å². The number of piperidine rings is 1. The number of hydrogen-bond acceptors (Lipinski definition) is 2. The highest BCUT2D eigenvalue weighted by atomic mass is 16.4. The van der Waals surface area contributed by atoms with Gasteiger partial charge in [0.15, 0.2) is 0 Å². The quantitative estimate of drug-likeness (QED) is 0.801. The summed E-state index contributed by atoms with van der Waals surface area (Å²) in [5, 5.41) is 9.07. The molecule has 0 bridgehead atoms. The van der Waals surface area contributed by atoms with Crippen molar-refractivity contribution in [3.63, 3.8) is 0 Å². The molecule has 0 radical (unpaired) electrons. The number of carboxylic acid groups (broad SMARTS) is 1. The molecule has 3 atom stereocenters. The Balaban J connectivity index is 1.87. The lowest BCUT2D eigenvalue weighted by Crippen LogP contribution is -2.43. The third-order valence-electron chi connectivity index (χ3n) is 4.41. The van der Waals surface area contributed by atoms with Crippen LogP contribution in [0.5, 0.6) is 0 Å². The summed E-state index contributed by atoms with van der Waals surface area (Å²) in [7, 11) is 0. The van der Waals surface area contributed by atoms with Gasteiger partial charge in [-0.1, -0.05) is 13.3 Å². The topological polar surface area (TPSA) is 40.5 Å². The van der Waals surface area contributed by atoms with Gasteiger partial charge in [-0.15, -0.1) is 0 Å². The van der Waals surface area contributed by atoms with Crippen molar-refractivity contribution in [2.75, 3.05) is 13.1 Å². The Bertz CT molecular complexity index is 254. The van der Waals surface area contributed by atoms with Crippen LogP contribution >= 0.6 is 0 Å². The second kappa shape index (κ2) is 5.17. The van der Waals surface area contributed by atoms with Gasteiger partial charge in [0.05, 0.1) is 5.92 Å². The van der Waals surface area contributed by atoms with Gasteiger partial charge in [-0.25, -0.2) is 0 Å². The summed E-state index contributed by atoms with van der Waals surface area (Å²) in [6.07, 6.45) is 7.13. The monoisotopic (exact) mass is 225 g/mol. The highest BCUT2D eigenvalue weighted by Gasteiger charge is 2.33. The summed E-state index contributed by atoms with van der Waals surface area (Å²) < 4.78 is 0. The average molecular weight is 225 g/mol. The lowest BCUT2D eigenvalue weighted by molar-refractivity contribution is -0.143. The van der Waals surface area contributed by atoms with Crippen molar-refractivity contribution >= 4 is 5.97 Å². The Morgan fingerprint density at radius 2 is 2.19 bits per heavy atom. The van der Waals surface area contributed by atoms with Gasteiger partial charge in [-0.3, -0.25) is 9.69 Å². The summed E-state index contributed by atoms with van der Waals surface area (Å²) in [6, 6.07) is 0.673. The molecule has 0 aromatic rings. The van der Waals surface area contributed by atoms with Gasteiger partial charge in [-0.2, -0.15) is 0 Å². The van der Waals surface area contributed by atoms with Crippen LogP contribution in [-0.4, -0.2) is 35.1 Å². The molecule has 2 aliphatic rings. The van der Waals surface area contributed by atoms with Crippen LogP contribution in [0.25, 0.3) is 0 Å². The first-order valence-electron chi connectivity index (χ1n) is 6.67. The van der Waals surface area contributed by atoms with Crippen molar-refractivity contribution in [1.29, 1.82) is 0 Å². The molecule has 0 amide bonds. The SMILES string of the molecule is CCC1CCC(N2CCCC(C(=O)O)C2)C1. The number of hydrogen-bond donors (Lipinski definition) is 1. The molecule has 3 unspecified atom stereocenters. The van der Waals surface area contributed by atoms with Gasteiger partial charge >= 0.3 is 5.97 Å². The first kappa shape index (κ1) is 11.9. The molecule has 1 N–H and O–H groups in total. The number of likely N-dealkylation sites (tertiary alicyclic amines) is 1. The molecule has 2 fully saturated rings. The van der Waals surface area contributed by atoms with E-state index < -0.39 is 5.97 Å². The normalized spacial score (nSPS) is 36.4. The number of rotatable bonds is 3. The maximum Gasteiger partial charge on any atom is 0.307 e. The largest absolute Gasteiger partial charge is 0.481 e. The van der Waals surface area contributed by atoms with E-state index in [-0.39, 0.29) is 5.92 Å². The van der Waals surface area contributed by atoms with Crippen LogP contribution in [0.1, 0.15) is 45.4 Å². The maximum absolute atomic E-state index is 11.0. The molecule has 1 saturated heterocycles. The molecule has 0 aromatic heterocycles. The predicted octanol–water partition coefficient (Wildman–Crippen LogP) is 2.36. The molecule has 16 heavy (non-hydrogen) atoms. The van der Waals surface area contributed by atoms with Crippen molar-refractivity contribution in [3.05, 3.63) is 0 Å². The average Bonchev–Trinajstić information content (AvgIpc) is 2.77. The molecular weight excluding hydrogens is 202 g/mol. The molecule has 3 nitrogen and oxygen atoms in total. The van der Waals surface area contributed by atoms with Crippen LogP contribution in [0.4, 0.5) is 0 Å². The Morgan fingerprint density at radius 3 is 2.81 bits per heavy atom. The second-order valence-corrected chi connectivity index (χ2v) is 5.41. The lowest BCUT2D eigenvalue weighted by atomic mass is 9.96. The van der Waals surface area contributed by atoms with Crippen LogP contribution < -0.4 is 0 Å². The highest BCUT2D eigenvalue weighted by molar-refractivity contribution is 5.70. The zero-order chi connectivity index (χ0) is 11.5. The summed E-state index contributed by atoms with van der Waals surface area (Å²) in [4.78, 5) is 13.5. The first-order chi connectivity index (χ1) is 7.70. The van der Waals surface area contributed by atoms with E-state index in [1.54, 1.807) is 0 Å². The molecule has 1 aliphatic heterocycles. The minimum atomic E-state index is -0.602. The number of nitrogens with zero attached hydrogens (tertiary/aromatic N) is 1. The molecule has 1 aliphatic carbocycles. The lowest BCUT2D eigenvalue weighted by Gasteiger charge is -2.35. The van der Waals surface area contributed by atoms with Crippen LogP contribution in [0, 0.1) is 11.8 Å². The molecule has 1 saturated carbocycles. The minimum absolute atomic E-state index is 0.116. The van der Waals surface area contributed by atoms with Gasteiger partial charge < -0.3 is 5.11 Å². The zero-order valence-electron chi connectivity index (χ0n) is 10.2. The molecule has 1 heterocycles. The minimum Gasteiger partial charge on any atom is -0.481 e. The van der Waals surface area contributed by atoms with Crippen molar-refractivity contribution in [3.8, 4) is 0 Å². The summed E-state index contributed by atoms with van der Waals surface area (Å²) in [6.45, 7) is 4.17. The molecule has 3 heteroatoms. The molecular formula is C13H23NO2. The van der Waals surface area contributed by atoms with Gasteiger partial charge in [0, 0.05) is 12.6 Å². The van der Waals surface area contributed by atoms with E-state index in [0.717, 1.165) is 31.8 Å². The Morgan fingerprint density at radius 1 is 1.38 bits per heavy atom. The van der Waals surface area contributed by atoms with Crippen molar-refractivity contribution in [1.82, 2.24) is 4.90 Å². The number of aliphatic carboxylic acids is 1. The van der Waals surface area contributed by atoms with Crippen molar-refractivity contribution < 1.29 is 9.90 Å². The van der Waals surface area contributed by atoms with Crippen LogP contribution in [0.2, 0.25) is 0 Å². The van der Waals surface area contributed by atoms with E-state index in [2.05, 4.69) is 11.8 Å². The summed E-state index contributed by atoms with van der Waals surface area (Å²) in [5.74, 6) is 0.166. The second-order valence-electron chi connectivity index (χ2n) is 5.41. The molecule has 0 spiro atoms. The fourth-order valence-corrected chi connectivity index (χ4v) is 3.29. The zero-order valence-corrected chi connectivity index (χ0v) is 10.2. The Hall–Kier alpha value is -0.570. The number of carbonyl (C=O) groups is 1. The Kier molecular flexibility index (Phi) is 3.85. The molecule has 0 aromatic carbocycles.